The van der Waals surface area contributed by atoms with Gasteiger partial charge in [0, 0.05) is 10.8 Å². The molecule has 0 saturated carbocycles. The smallest absolute Gasteiger partial charge is 0.342 e. The van der Waals surface area contributed by atoms with E-state index in [4.69, 9.17) is 9.15 Å². The summed E-state index contributed by atoms with van der Waals surface area (Å²) in [6.07, 6.45) is 0. The van der Waals surface area contributed by atoms with Crippen LogP contribution in [0, 0.1) is 6.92 Å². The van der Waals surface area contributed by atoms with Gasteiger partial charge in [0.05, 0.1) is 7.11 Å². The second kappa shape index (κ2) is 3.88. The third-order valence-corrected chi connectivity index (χ3v) is 3.15. The van der Waals surface area contributed by atoms with Crippen LogP contribution in [0.2, 0.25) is 0 Å². The molecule has 0 aliphatic carbocycles. The van der Waals surface area contributed by atoms with Crippen LogP contribution in [-0.4, -0.2) is 13.1 Å². The molecule has 0 amide bonds. The van der Waals surface area contributed by atoms with Crippen molar-refractivity contribution in [2.45, 2.75) is 6.92 Å². The Bertz CT molecular complexity index is 753. The van der Waals surface area contributed by atoms with Crippen molar-refractivity contribution in [3.8, 4) is 0 Å². The van der Waals surface area contributed by atoms with Crippen LogP contribution in [0.5, 0.6) is 0 Å². The second-order valence-electron chi connectivity index (χ2n) is 4.19. The number of aryl methyl sites for hydroxylation is 1. The molecule has 1 heterocycles. The maximum atomic E-state index is 11.8. The van der Waals surface area contributed by atoms with E-state index in [0.29, 0.717) is 11.3 Å². The number of hydrogen-bond acceptors (Lipinski definition) is 3. The first-order chi connectivity index (χ1) is 8.72. The summed E-state index contributed by atoms with van der Waals surface area (Å²) in [6, 6.07) is 11.8. The number of rotatable bonds is 1. The summed E-state index contributed by atoms with van der Waals surface area (Å²) in [5.41, 5.74) is 1.25. The number of furan rings is 1. The van der Waals surface area contributed by atoms with Gasteiger partial charge in [0.2, 0.25) is 0 Å². The molecule has 3 nitrogen and oxygen atoms in total. The van der Waals surface area contributed by atoms with Gasteiger partial charge in [-0.3, -0.25) is 0 Å². The van der Waals surface area contributed by atoms with Gasteiger partial charge >= 0.3 is 5.97 Å². The molecular formula is C15H12O3. The Morgan fingerprint density at radius 1 is 1.11 bits per heavy atom. The van der Waals surface area contributed by atoms with Gasteiger partial charge in [-0.1, -0.05) is 30.3 Å². The molecule has 18 heavy (non-hydrogen) atoms. The number of benzene rings is 2. The van der Waals surface area contributed by atoms with E-state index >= 15 is 0 Å². The summed E-state index contributed by atoms with van der Waals surface area (Å²) in [6.45, 7) is 1.78. The zero-order chi connectivity index (χ0) is 12.7. The van der Waals surface area contributed by atoms with Gasteiger partial charge in [0.1, 0.15) is 16.9 Å². The lowest BCUT2D eigenvalue weighted by Gasteiger charge is -1.99. The molecule has 1 aromatic heterocycles. The zero-order valence-corrected chi connectivity index (χ0v) is 10.2. The number of ether oxygens (including phenoxy) is 1. The van der Waals surface area contributed by atoms with Crippen molar-refractivity contribution in [3.63, 3.8) is 0 Å². The van der Waals surface area contributed by atoms with E-state index in [0.717, 1.165) is 21.7 Å². The monoisotopic (exact) mass is 240 g/mol. The number of methoxy groups -OCH3 is 1. The van der Waals surface area contributed by atoms with Gasteiger partial charge in [-0.25, -0.2) is 4.79 Å². The molecule has 0 aliphatic rings. The fourth-order valence-electron chi connectivity index (χ4n) is 2.30. The number of hydrogen-bond donors (Lipinski definition) is 0. The minimum atomic E-state index is -0.360. The molecule has 2 aromatic carbocycles. The average molecular weight is 240 g/mol. The van der Waals surface area contributed by atoms with Crippen LogP contribution in [0.25, 0.3) is 21.7 Å². The summed E-state index contributed by atoms with van der Waals surface area (Å²) in [4.78, 5) is 11.8. The molecule has 0 bridgehead atoms. The molecule has 0 spiro atoms. The van der Waals surface area contributed by atoms with Crippen molar-refractivity contribution in [2.24, 2.45) is 0 Å². The highest BCUT2D eigenvalue weighted by molar-refractivity contribution is 6.12. The first kappa shape index (κ1) is 10.8. The molecule has 0 unspecified atom stereocenters. The number of esters is 1. The lowest BCUT2D eigenvalue weighted by molar-refractivity contribution is 0.0601. The van der Waals surface area contributed by atoms with Gasteiger partial charge in [0.15, 0.2) is 0 Å². The van der Waals surface area contributed by atoms with E-state index in [2.05, 4.69) is 0 Å². The highest BCUT2D eigenvalue weighted by atomic mass is 16.5. The minimum Gasteiger partial charge on any atom is -0.465 e. The van der Waals surface area contributed by atoms with Gasteiger partial charge in [-0.05, 0) is 18.4 Å². The molecule has 0 saturated heterocycles. The Morgan fingerprint density at radius 2 is 1.89 bits per heavy atom. The van der Waals surface area contributed by atoms with Crippen LogP contribution in [-0.2, 0) is 4.74 Å². The quantitative estimate of drug-likeness (QED) is 0.609. The fraction of sp³-hybridized carbons (Fsp3) is 0.133. The van der Waals surface area contributed by atoms with E-state index in [1.54, 1.807) is 6.92 Å². The number of fused-ring (bicyclic) bond motifs is 3. The Kier molecular flexibility index (Phi) is 2.33. The molecule has 0 radical (unpaired) electrons. The zero-order valence-electron chi connectivity index (χ0n) is 10.2. The van der Waals surface area contributed by atoms with Crippen molar-refractivity contribution in [1.29, 1.82) is 0 Å². The molecular weight excluding hydrogens is 228 g/mol. The van der Waals surface area contributed by atoms with Gasteiger partial charge < -0.3 is 9.15 Å². The number of carbonyl (C=O) groups is 1. The predicted molar refractivity (Wildman–Crippen MR) is 69.8 cm³/mol. The summed E-state index contributed by atoms with van der Waals surface area (Å²) >= 11 is 0. The van der Waals surface area contributed by atoms with Crippen molar-refractivity contribution in [1.82, 2.24) is 0 Å². The Morgan fingerprint density at radius 3 is 2.67 bits per heavy atom. The van der Waals surface area contributed by atoms with Crippen molar-refractivity contribution in [2.75, 3.05) is 7.11 Å². The third kappa shape index (κ3) is 1.40. The van der Waals surface area contributed by atoms with Crippen LogP contribution >= 0.6 is 0 Å². The average Bonchev–Trinajstić information content (AvgIpc) is 2.74. The Balaban J connectivity index is 2.44. The van der Waals surface area contributed by atoms with Gasteiger partial charge in [-0.2, -0.15) is 0 Å². The summed E-state index contributed by atoms with van der Waals surface area (Å²) < 4.78 is 10.5. The van der Waals surface area contributed by atoms with E-state index in [-0.39, 0.29) is 5.97 Å². The second-order valence-corrected chi connectivity index (χ2v) is 4.19. The van der Waals surface area contributed by atoms with Crippen molar-refractivity contribution < 1.29 is 13.9 Å². The van der Waals surface area contributed by atoms with Crippen LogP contribution in [0.15, 0.2) is 40.8 Å². The first-order valence-corrected chi connectivity index (χ1v) is 5.71. The van der Waals surface area contributed by atoms with Crippen molar-refractivity contribution in [3.05, 3.63) is 47.7 Å². The molecule has 3 heteroatoms. The maximum Gasteiger partial charge on any atom is 0.342 e. The summed E-state index contributed by atoms with van der Waals surface area (Å²) in [5, 5.41) is 2.90. The highest BCUT2D eigenvalue weighted by Crippen LogP contribution is 2.32. The van der Waals surface area contributed by atoms with Crippen LogP contribution in [0.4, 0.5) is 0 Å². The Labute approximate surface area is 104 Å². The predicted octanol–water partition coefficient (Wildman–Crippen LogP) is 3.68. The van der Waals surface area contributed by atoms with Gasteiger partial charge in [-0.15, -0.1) is 0 Å². The highest BCUT2D eigenvalue weighted by Gasteiger charge is 2.19. The van der Waals surface area contributed by atoms with Crippen LogP contribution < -0.4 is 0 Å². The maximum absolute atomic E-state index is 11.8. The topological polar surface area (TPSA) is 39.4 Å². The fourth-order valence-corrected chi connectivity index (χ4v) is 2.30. The molecule has 0 fully saturated rings. The molecule has 3 aromatic rings. The minimum absolute atomic E-state index is 0.360. The van der Waals surface area contributed by atoms with Crippen LogP contribution in [0.3, 0.4) is 0 Å². The molecule has 0 aliphatic heterocycles. The summed E-state index contributed by atoms with van der Waals surface area (Å²) in [5.74, 6) is 0.231. The van der Waals surface area contributed by atoms with Gasteiger partial charge in [0.25, 0.3) is 0 Å². The van der Waals surface area contributed by atoms with E-state index in [1.807, 2.05) is 36.4 Å². The van der Waals surface area contributed by atoms with Crippen molar-refractivity contribution >= 4 is 27.7 Å². The standard InChI is InChI=1S/C15H12O3/c1-9-13(15(16)17-2)12-8-7-10-5-3-4-6-11(10)14(12)18-9/h3-8H,1-2H3. The van der Waals surface area contributed by atoms with Crippen LogP contribution in [0.1, 0.15) is 16.1 Å². The number of carbonyl (C=O) groups excluding carboxylic acids is 1. The van der Waals surface area contributed by atoms with E-state index < -0.39 is 0 Å². The lowest BCUT2D eigenvalue weighted by atomic mass is 10.1. The molecule has 0 atom stereocenters. The summed E-state index contributed by atoms with van der Waals surface area (Å²) in [7, 11) is 1.38. The van der Waals surface area contributed by atoms with E-state index in [1.165, 1.54) is 7.11 Å². The Hall–Kier alpha value is -2.29. The first-order valence-electron chi connectivity index (χ1n) is 5.71. The molecule has 0 N–H and O–H groups in total. The lowest BCUT2D eigenvalue weighted by Crippen LogP contribution is -2.01. The normalized spacial score (nSPS) is 11.0. The largest absolute Gasteiger partial charge is 0.465 e. The van der Waals surface area contributed by atoms with E-state index in [9.17, 15) is 4.79 Å². The molecule has 3 rings (SSSR count). The molecule has 90 valence electrons. The SMILES string of the molecule is COC(=O)c1c(C)oc2c1ccc1ccccc12. The third-order valence-electron chi connectivity index (χ3n) is 3.15.